The van der Waals surface area contributed by atoms with Gasteiger partial charge >= 0.3 is 0 Å². The highest BCUT2D eigenvalue weighted by Crippen LogP contribution is 2.60. The zero-order valence-electron chi connectivity index (χ0n) is 21.2. The van der Waals surface area contributed by atoms with Crippen LogP contribution in [0.15, 0.2) is 41.3 Å². The normalized spacial score (nSPS) is 32.9. The highest BCUT2D eigenvalue weighted by atomic mass is 35.5. The summed E-state index contributed by atoms with van der Waals surface area (Å²) in [4.78, 5) is 28.7. The molecule has 1 saturated heterocycles. The number of rotatable bonds is 4. The molecule has 37 heavy (non-hydrogen) atoms. The Bertz CT molecular complexity index is 1270. The largest absolute Gasteiger partial charge is 0.390 e. The molecular weight excluding hydrogens is 534 g/mol. The minimum Gasteiger partial charge on any atom is -0.390 e. The average molecular weight is 566 g/mol. The minimum atomic E-state index is -1.21. The monoisotopic (exact) mass is 564 g/mol. The number of thioether (sulfide) groups is 1. The molecule has 1 spiro atoms. The second kappa shape index (κ2) is 9.23. The van der Waals surface area contributed by atoms with Crippen molar-refractivity contribution < 1.29 is 19.1 Å². The van der Waals surface area contributed by atoms with E-state index in [9.17, 15) is 14.7 Å². The van der Waals surface area contributed by atoms with Gasteiger partial charge in [-0.1, -0.05) is 73.9 Å². The van der Waals surface area contributed by atoms with Gasteiger partial charge in [0.15, 0.2) is 0 Å². The van der Waals surface area contributed by atoms with Gasteiger partial charge in [0.1, 0.15) is 5.82 Å². The van der Waals surface area contributed by atoms with E-state index < -0.39 is 34.8 Å². The van der Waals surface area contributed by atoms with Crippen LogP contribution in [0.5, 0.6) is 0 Å². The third kappa shape index (κ3) is 4.61. The number of fused-ring (bicyclic) bond motifs is 2. The molecule has 3 N–H and O–H groups in total. The van der Waals surface area contributed by atoms with Gasteiger partial charge in [-0.3, -0.25) is 9.59 Å². The van der Waals surface area contributed by atoms with Crippen molar-refractivity contribution in [3.05, 3.63) is 63.4 Å². The lowest BCUT2D eigenvalue weighted by Gasteiger charge is -2.42. The van der Waals surface area contributed by atoms with Crippen LogP contribution < -0.4 is 10.6 Å². The first-order valence-electron chi connectivity index (χ1n) is 12.5. The number of halogens is 3. The maximum atomic E-state index is 15.7. The fraction of sp³-hybridized carbons (Fsp3) is 0.500. The van der Waals surface area contributed by atoms with Crippen LogP contribution in [0.4, 0.5) is 4.39 Å². The summed E-state index contributed by atoms with van der Waals surface area (Å²) in [6.45, 7) is 7.97. The van der Waals surface area contributed by atoms with Crippen LogP contribution in [0.2, 0.25) is 10.0 Å². The van der Waals surface area contributed by atoms with Crippen LogP contribution >= 0.6 is 35.0 Å². The molecule has 198 valence electrons. The van der Waals surface area contributed by atoms with E-state index in [-0.39, 0.29) is 33.1 Å². The van der Waals surface area contributed by atoms with Crippen molar-refractivity contribution in [3.8, 4) is 0 Å². The van der Waals surface area contributed by atoms with Crippen LogP contribution in [0, 0.1) is 11.2 Å². The third-order valence-electron chi connectivity index (χ3n) is 7.82. The Morgan fingerprint density at radius 3 is 2.59 bits per heavy atom. The molecule has 3 aliphatic rings. The van der Waals surface area contributed by atoms with Gasteiger partial charge in [0.2, 0.25) is 11.0 Å². The van der Waals surface area contributed by atoms with E-state index in [0.717, 1.165) is 22.2 Å². The second-order valence-electron chi connectivity index (χ2n) is 12.1. The summed E-state index contributed by atoms with van der Waals surface area (Å²) in [6.07, 6.45) is 1.45. The topological polar surface area (TPSA) is 78.4 Å². The Morgan fingerprint density at radius 1 is 1.24 bits per heavy atom. The van der Waals surface area contributed by atoms with Crippen LogP contribution in [-0.4, -0.2) is 39.9 Å². The van der Waals surface area contributed by atoms with Gasteiger partial charge in [-0.2, -0.15) is 0 Å². The summed E-state index contributed by atoms with van der Waals surface area (Å²) in [7, 11) is 0. The van der Waals surface area contributed by atoms with E-state index in [2.05, 4.69) is 31.4 Å². The Labute approximate surface area is 230 Å². The quantitative estimate of drug-likeness (QED) is 0.451. The number of aliphatic hydroxyl groups is 1. The van der Waals surface area contributed by atoms with E-state index >= 15 is 4.39 Å². The van der Waals surface area contributed by atoms with Crippen LogP contribution in [-0.2, 0) is 15.0 Å². The number of benzene rings is 2. The fourth-order valence-electron chi connectivity index (χ4n) is 6.40. The van der Waals surface area contributed by atoms with Crippen molar-refractivity contribution in [2.24, 2.45) is 5.41 Å². The lowest BCUT2D eigenvalue weighted by Crippen LogP contribution is -2.57. The van der Waals surface area contributed by atoms with Crippen molar-refractivity contribution in [3.63, 3.8) is 0 Å². The Hall–Kier alpha value is -1.64. The van der Waals surface area contributed by atoms with E-state index in [0.29, 0.717) is 24.3 Å². The number of carbonyl (C=O) groups is 2. The van der Waals surface area contributed by atoms with Gasteiger partial charge in [-0.05, 0) is 60.9 Å². The zero-order valence-corrected chi connectivity index (χ0v) is 23.5. The van der Waals surface area contributed by atoms with E-state index in [1.54, 1.807) is 31.2 Å². The van der Waals surface area contributed by atoms with Gasteiger partial charge in [-0.15, -0.1) is 0 Å². The summed E-state index contributed by atoms with van der Waals surface area (Å²) in [5, 5.41) is 17.0. The second-order valence-corrected chi connectivity index (χ2v) is 14.0. The van der Waals surface area contributed by atoms with Gasteiger partial charge < -0.3 is 15.7 Å². The molecule has 5 rings (SSSR count). The molecule has 2 aromatic carbocycles. The predicted octanol–water partition coefficient (Wildman–Crippen LogP) is 5.59. The van der Waals surface area contributed by atoms with E-state index in [1.807, 2.05) is 6.07 Å². The van der Waals surface area contributed by atoms with Crippen LogP contribution in [0.3, 0.4) is 0 Å². The number of nitrogens with one attached hydrogen (secondary N) is 2. The van der Waals surface area contributed by atoms with Gasteiger partial charge in [0.25, 0.3) is 0 Å². The van der Waals surface area contributed by atoms with Crippen molar-refractivity contribution in [2.75, 3.05) is 0 Å². The van der Waals surface area contributed by atoms with Gasteiger partial charge in [-0.25, -0.2) is 4.39 Å². The van der Waals surface area contributed by atoms with Crippen LogP contribution in [0.1, 0.15) is 64.0 Å². The van der Waals surface area contributed by atoms with Gasteiger partial charge in [0.05, 0.1) is 22.1 Å². The molecule has 0 aromatic heterocycles. The van der Waals surface area contributed by atoms with Crippen molar-refractivity contribution in [2.45, 2.75) is 86.9 Å². The molecule has 1 saturated carbocycles. The van der Waals surface area contributed by atoms with Crippen molar-refractivity contribution in [1.82, 2.24) is 10.6 Å². The summed E-state index contributed by atoms with van der Waals surface area (Å²) < 4.78 is 15.7. The molecule has 2 heterocycles. The lowest BCUT2D eigenvalue weighted by atomic mass is 9.62. The third-order valence-corrected chi connectivity index (χ3v) is 9.43. The highest BCUT2D eigenvalue weighted by Gasteiger charge is 2.66. The Morgan fingerprint density at radius 2 is 1.95 bits per heavy atom. The van der Waals surface area contributed by atoms with Crippen LogP contribution in [0.25, 0.3) is 0 Å². The summed E-state index contributed by atoms with van der Waals surface area (Å²) in [6, 6.07) is 8.55. The number of amides is 1. The molecule has 2 fully saturated rings. The minimum absolute atomic E-state index is 0.0597. The number of carbonyl (C=O) groups excluding carboxylic acids is 2. The first-order valence-corrected chi connectivity index (χ1v) is 14.1. The molecule has 2 aromatic rings. The molecule has 9 heteroatoms. The maximum Gasteiger partial charge on any atom is 0.238 e. The van der Waals surface area contributed by atoms with Crippen molar-refractivity contribution in [1.29, 1.82) is 0 Å². The highest BCUT2D eigenvalue weighted by molar-refractivity contribution is 8.14. The SMILES string of the molecule is CC(C)(C)C[C@H]1N[C@@H](C(=O)NC2CC(C)(O)C2)[C@H](c2cccc(Cl)c2F)[C@@]12C(=O)Sc1cc(Cl)ccc12. The standard InChI is InChI=1S/C28H31Cl2FN2O3S/c1-26(2,3)13-20-28(17-9-8-14(29)10-19(17)37-25(28)35)21(16-6-5-7-18(30)22(16)31)23(33-20)24(34)32-15-11-27(4,36)12-15/h5-10,15,20-21,23,33,36H,11-13H2,1-4H3,(H,32,34)/t15?,20-,21+,23-,27?,28+/m1/s1. The summed E-state index contributed by atoms with van der Waals surface area (Å²) in [5.74, 6) is -1.79. The van der Waals surface area contributed by atoms with Crippen molar-refractivity contribution >= 4 is 46.0 Å². The molecule has 0 unspecified atom stereocenters. The Balaban J connectivity index is 1.69. The summed E-state index contributed by atoms with van der Waals surface area (Å²) in [5.41, 5.74) is -1.24. The fourth-order valence-corrected chi connectivity index (χ4v) is 8.10. The molecule has 4 atom stereocenters. The molecule has 1 aliphatic carbocycles. The van der Waals surface area contributed by atoms with E-state index in [4.69, 9.17) is 23.2 Å². The average Bonchev–Trinajstić information content (AvgIpc) is 3.23. The summed E-state index contributed by atoms with van der Waals surface area (Å²) >= 11 is 13.6. The first-order chi connectivity index (χ1) is 17.2. The molecular formula is C28H31Cl2FN2O3S. The molecule has 2 aliphatic heterocycles. The maximum absolute atomic E-state index is 15.7. The Kier molecular flexibility index (Phi) is 6.72. The molecule has 0 bridgehead atoms. The molecule has 0 radical (unpaired) electrons. The number of hydrogen-bond donors (Lipinski definition) is 3. The van der Waals surface area contributed by atoms with Gasteiger partial charge in [0, 0.05) is 27.9 Å². The van der Waals surface area contributed by atoms with E-state index in [1.165, 1.54) is 6.07 Å². The smallest absolute Gasteiger partial charge is 0.238 e. The molecule has 5 nitrogen and oxygen atoms in total. The first kappa shape index (κ1) is 26.9. The lowest BCUT2D eigenvalue weighted by molar-refractivity contribution is -0.127. The predicted molar refractivity (Wildman–Crippen MR) is 145 cm³/mol. The zero-order chi connectivity index (χ0) is 26.9. The molecule has 1 amide bonds. The number of hydrogen-bond acceptors (Lipinski definition) is 5.